The van der Waals surface area contributed by atoms with Gasteiger partial charge in [0.25, 0.3) is 0 Å². The molecular weight excluding hydrogens is 1300 g/mol. The quantitative estimate of drug-likeness (QED) is 0.0110. The topological polar surface area (TPSA) is 261 Å². The average molecular weight is 1450 g/mol. The summed E-state index contributed by atoms with van der Waals surface area (Å²) in [5, 5.41) is 0. The fraction of sp³-hybridized carbons (Fsp3) is 0.795. The number of carbonyl (C=O) groups is 6. The highest BCUT2D eigenvalue weighted by Crippen LogP contribution is 2.20. The Morgan fingerprint density at radius 2 is 0.800 bits per heavy atom. The second-order valence-corrected chi connectivity index (χ2v) is 32.5. The van der Waals surface area contributed by atoms with Crippen molar-refractivity contribution >= 4 is 48.4 Å². The maximum absolute atomic E-state index is 11.4. The molecule has 0 aliphatic carbocycles. The highest BCUT2D eigenvalue weighted by atomic mass is 32.1. The molecule has 1 rings (SSSR count). The molecule has 0 amide bonds. The van der Waals surface area contributed by atoms with Crippen LogP contribution in [0.15, 0.2) is 63.3 Å². The zero-order chi connectivity index (χ0) is 77.8. The fourth-order valence-electron chi connectivity index (χ4n) is 5.83. The van der Waals surface area contributed by atoms with Gasteiger partial charge in [-0.25, -0.2) is 5.90 Å². The van der Waals surface area contributed by atoms with E-state index in [1.807, 2.05) is 69.2 Å². The minimum absolute atomic E-state index is 0. The van der Waals surface area contributed by atoms with E-state index >= 15 is 0 Å². The molecule has 100 heavy (non-hydrogen) atoms. The van der Waals surface area contributed by atoms with Crippen LogP contribution >= 0.6 is 12.6 Å². The van der Waals surface area contributed by atoms with Gasteiger partial charge < -0.3 is 66.4 Å². The SMILES string of the molecule is C.C=CCC(=O)OCC(COC(=O)CC=C)OCC(C)(C)C.C=CCCC(=O)OCC(C)(C)C.C=CCCC(=O)OCCC(C)(C)C.C=CCOCC(C)(C)C.CC(C)(C)COCC1CO1.CCCC(=O)OCC(COC(=O)CCS)OCC(C)(C)C.COCC(CON)OCC(C)(C)C. The summed E-state index contributed by atoms with van der Waals surface area (Å²) in [7, 11) is 1.63. The molecule has 1 aliphatic heterocycles. The summed E-state index contributed by atoms with van der Waals surface area (Å²) in [5.41, 5.74) is 0.969. The monoisotopic (exact) mass is 1450 g/mol. The van der Waals surface area contributed by atoms with Crippen LogP contribution in [0.4, 0.5) is 0 Å². The zero-order valence-electron chi connectivity index (χ0n) is 66.5. The highest BCUT2D eigenvalue weighted by Gasteiger charge is 2.25. The molecule has 22 heteroatoms. The third-order valence-corrected chi connectivity index (χ3v) is 11.1. The Bertz CT molecular complexity index is 2030. The molecule has 21 nitrogen and oxygen atoms in total. The Morgan fingerprint density at radius 3 is 1.11 bits per heavy atom. The van der Waals surface area contributed by atoms with Gasteiger partial charge in [0, 0.05) is 32.1 Å². The summed E-state index contributed by atoms with van der Waals surface area (Å²) in [4.78, 5) is 71.9. The molecule has 1 aliphatic rings. The van der Waals surface area contributed by atoms with Crippen LogP contribution < -0.4 is 5.90 Å². The van der Waals surface area contributed by atoms with Crippen molar-refractivity contribution in [2.45, 2.75) is 248 Å². The third kappa shape index (κ3) is 102. The van der Waals surface area contributed by atoms with Crippen molar-refractivity contribution in [3.8, 4) is 0 Å². The number of methoxy groups -OCH3 is 1. The first-order valence-corrected chi connectivity index (χ1v) is 35.3. The average Bonchev–Trinajstić information content (AvgIpc) is 1.67. The van der Waals surface area contributed by atoms with E-state index in [1.54, 1.807) is 25.3 Å². The van der Waals surface area contributed by atoms with Gasteiger partial charge in [-0.3, -0.25) is 28.8 Å². The first-order valence-electron chi connectivity index (χ1n) is 34.6. The van der Waals surface area contributed by atoms with Gasteiger partial charge in [0.1, 0.15) is 50.8 Å². The van der Waals surface area contributed by atoms with E-state index in [9.17, 15) is 28.8 Å². The van der Waals surface area contributed by atoms with E-state index in [4.69, 9.17) is 67.5 Å². The summed E-state index contributed by atoms with van der Waals surface area (Å²) < 4.78 is 67.9. The number of rotatable bonds is 41. The lowest BCUT2D eigenvalue weighted by molar-refractivity contribution is -0.157. The Balaban J connectivity index is -0.000000206. The molecule has 0 saturated carbocycles. The zero-order valence-corrected chi connectivity index (χ0v) is 67.4. The Hall–Kier alpha value is -4.49. The molecule has 0 spiro atoms. The van der Waals surface area contributed by atoms with Crippen molar-refractivity contribution in [2.75, 3.05) is 119 Å². The van der Waals surface area contributed by atoms with Gasteiger partial charge in [-0.2, -0.15) is 12.6 Å². The predicted molar refractivity (Wildman–Crippen MR) is 408 cm³/mol. The smallest absolute Gasteiger partial charge is 0.309 e. The predicted octanol–water partition coefficient (Wildman–Crippen LogP) is 16.0. The molecule has 1 fully saturated rings. The molecule has 0 radical (unpaired) electrons. The van der Waals surface area contributed by atoms with Crippen LogP contribution in [0.2, 0.25) is 0 Å². The Morgan fingerprint density at radius 1 is 0.450 bits per heavy atom. The van der Waals surface area contributed by atoms with E-state index in [0.29, 0.717) is 96.8 Å². The van der Waals surface area contributed by atoms with Crippen LogP contribution in [0, 0.1) is 37.9 Å². The van der Waals surface area contributed by atoms with Crippen molar-refractivity contribution < 1.29 is 95.2 Å². The van der Waals surface area contributed by atoms with Crippen molar-refractivity contribution in [3.05, 3.63) is 63.3 Å². The van der Waals surface area contributed by atoms with Crippen molar-refractivity contribution in [2.24, 2.45) is 43.8 Å². The molecule has 0 bridgehead atoms. The normalized spacial score (nSPS) is 13.2. The molecule has 0 aromatic heterocycles. The van der Waals surface area contributed by atoms with Crippen LogP contribution in [0.5, 0.6) is 0 Å². The number of carbonyl (C=O) groups excluding carboxylic acids is 6. The molecule has 0 aromatic rings. The first-order chi connectivity index (χ1) is 45.6. The van der Waals surface area contributed by atoms with Crippen LogP contribution in [0.25, 0.3) is 0 Å². The van der Waals surface area contributed by atoms with Crippen LogP contribution in [0.3, 0.4) is 0 Å². The first kappa shape index (κ1) is 109. The van der Waals surface area contributed by atoms with Gasteiger partial charge in [0.05, 0.1) is 98.5 Å². The molecule has 3 atom stereocenters. The molecule has 2 N–H and O–H groups in total. The molecule has 1 saturated heterocycles. The summed E-state index contributed by atoms with van der Waals surface area (Å²) in [6, 6.07) is 0. The lowest BCUT2D eigenvalue weighted by atomic mass is 9.93. The van der Waals surface area contributed by atoms with Crippen molar-refractivity contribution in [1.82, 2.24) is 0 Å². The second kappa shape index (κ2) is 64.1. The van der Waals surface area contributed by atoms with Crippen molar-refractivity contribution in [1.29, 1.82) is 0 Å². The summed E-state index contributed by atoms with van der Waals surface area (Å²) in [5.74, 6) is 3.80. The number of allylic oxidation sites excluding steroid dienone is 2. The molecule has 1 heterocycles. The minimum atomic E-state index is -0.480. The van der Waals surface area contributed by atoms with E-state index in [2.05, 4.69) is 133 Å². The lowest BCUT2D eigenvalue weighted by Crippen LogP contribution is -2.31. The van der Waals surface area contributed by atoms with E-state index in [-0.39, 0.29) is 133 Å². The van der Waals surface area contributed by atoms with Gasteiger partial charge in [-0.05, 0) is 63.6 Å². The fourth-order valence-corrected chi connectivity index (χ4v) is 6.01. The molecule has 592 valence electrons. The third-order valence-electron chi connectivity index (χ3n) is 10.9. The minimum Gasteiger partial charge on any atom is -0.466 e. The van der Waals surface area contributed by atoms with Gasteiger partial charge in [-0.15, -0.1) is 32.9 Å². The number of hydrogen-bond acceptors (Lipinski definition) is 22. The van der Waals surface area contributed by atoms with Crippen LogP contribution in [0.1, 0.15) is 224 Å². The Labute approximate surface area is 614 Å². The van der Waals surface area contributed by atoms with E-state index < -0.39 is 12.2 Å². The Kier molecular flexibility index (Phi) is 69.8. The summed E-state index contributed by atoms with van der Waals surface area (Å²) in [6.07, 6.45) is 12.4. The summed E-state index contributed by atoms with van der Waals surface area (Å²) >= 11 is 3.97. The number of nitrogens with two attached hydrogens (primary N) is 1. The largest absolute Gasteiger partial charge is 0.466 e. The maximum atomic E-state index is 11.4. The number of epoxide rings is 1. The number of thiol groups is 1. The molecule has 0 aromatic carbocycles. The van der Waals surface area contributed by atoms with Crippen molar-refractivity contribution in [3.63, 3.8) is 0 Å². The van der Waals surface area contributed by atoms with Gasteiger partial charge in [0.15, 0.2) is 0 Å². The van der Waals surface area contributed by atoms with Gasteiger partial charge in [0.2, 0.25) is 0 Å². The lowest BCUT2D eigenvalue weighted by Gasteiger charge is -2.24. The standard InChI is InChI=1S/C16H26O5.C15H28O5S.C11H20O2.C10H18O2.C9H21NO3.C8H16O2.C8H16O.CH4/c1-6-8-14(17)19-10-13(21-12-16(3,4)5)11-20-15(18)9-7-2;1-5-6-13(16)18-9-12(20-11-15(2,3)4)10-19-14(17)7-8-21;1-5-6-7-10(12)13-9-8-11(2,3)4;1-5-6-7-9(11)12-8-10(2,3)4;1-9(2,3)7-12-8(5-11-4)6-13-10;1-8(2,3)6-9-4-7-5-10-7;1-5-6-9-7-8(2,3)4;/h6-7,13H,1-2,8-12H2,3-5H3;12,21H,5-11H2,1-4H3;5H,1,6-9H2,2-4H3;5H,1,6-8H2,2-4H3;8H,5-7,10H2,1-4H3;7H,4-6H2,1-3H3;5H,1,6-7H2,2-4H3;1H4. The van der Waals surface area contributed by atoms with Gasteiger partial charge >= 0.3 is 35.8 Å². The van der Waals surface area contributed by atoms with Crippen LogP contribution in [-0.4, -0.2) is 179 Å². The number of hydrogen-bond donors (Lipinski definition) is 2. The van der Waals surface area contributed by atoms with E-state index in [1.165, 1.54) is 12.2 Å². The van der Waals surface area contributed by atoms with Gasteiger partial charge in [-0.1, -0.05) is 190 Å². The molecule has 3 unspecified atom stereocenters. The van der Waals surface area contributed by atoms with E-state index in [0.717, 1.165) is 39.3 Å². The molecular formula is C78H149NO20S. The number of esters is 6. The highest BCUT2D eigenvalue weighted by molar-refractivity contribution is 7.80. The van der Waals surface area contributed by atoms with Crippen LogP contribution in [-0.2, 0) is 95.2 Å². The summed E-state index contributed by atoms with van der Waals surface area (Å²) in [6.45, 7) is 71.2. The number of ether oxygens (including phenoxy) is 13. The second-order valence-electron chi connectivity index (χ2n) is 32.0. The maximum Gasteiger partial charge on any atom is 0.309 e.